The number of nitrogens with zero attached hydrogens (tertiary/aromatic N) is 3. The lowest BCUT2D eigenvalue weighted by Crippen LogP contribution is -2.16. The number of carboxylic acid groups (broad SMARTS) is 1. The maximum absolute atomic E-state index is 13.0. The van der Waals surface area contributed by atoms with Gasteiger partial charge in [0, 0.05) is 24.2 Å². The van der Waals surface area contributed by atoms with Crippen molar-refractivity contribution in [2.75, 3.05) is 4.72 Å². The molecular formula is C20H20N4O4S. The molecular weight excluding hydrogens is 392 g/mol. The zero-order chi connectivity index (χ0) is 20.8. The summed E-state index contributed by atoms with van der Waals surface area (Å²) in [7, 11) is -3.98. The molecule has 4 rings (SSSR count). The number of aromatic nitrogens is 3. The molecule has 0 saturated carbocycles. The molecule has 0 radical (unpaired) electrons. The first-order valence-electron chi connectivity index (χ1n) is 9.16. The van der Waals surface area contributed by atoms with E-state index in [0.717, 1.165) is 30.8 Å². The zero-order valence-corrected chi connectivity index (χ0v) is 16.8. The molecule has 9 heteroatoms. The minimum atomic E-state index is -3.98. The number of aryl methyl sites for hydroxylation is 2. The second kappa shape index (κ2) is 7.00. The third-order valence-corrected chi connectivity index (χ3v) is 6.65. The van der Waals surface area contributed by atoms with Crippen LogP contribution >= 0.6 is 0 Å². The minimum Gasteiger partial charge on any atom is -0.478 e. The molecule has 1 aromatic heterocycles. The summed E-state index contributed by atoms with van der Waals surface area (Å²) < 4.78 is 30.6. The summed E-state index contributed by atoms with van der Waals surface area (Å²) >= 11 is 0. The van der Waals surface area contributed by atoms with Gasteiger partial charge >= 0.3 is 5.97 Å². The number of rotatable bonds is 5. The average Bonchev–Trinajstić information content (AvgIpc) is 3.27. The van der Waals surface area contributed by atoms with Gasteiger partial charge < -0.3 is 9.67 Å². The quantitative estimate of drug-likeness (QED) is 0.666. The van der Waals surface area contributed by atoms with Gasteiger partial charge in [0.2, 0.25) is 0 Å². The molecule has 1 aliphatic rings. The van der Waals surface area contributed by atoms with Crippen LogP contribution in [0.25, 0.3) is 11.4 Å². The van der Waals surface area contributed by atoms with Crippen LogP contribution in [0.4, 0.5) is 5.69 Å². The van der Waals surface area contributed by atoms with Crippen LogP contribution in [0.1, 0.15) is 33.7 Å². The molecule has 3 aromatic rings. The normalized spacial score (nSPS) is 13.3. The number of hydrogen-bond donors (Lipinski definition) is 2. The Labute approximate surface area is 168 Å². The molecule has 0 aliphatic carbocycles. The summed E-state index contributed by atoms with van der Waals surface area (Å²) in [5.74, 6) is 0.466. The van der Waals surface area contributed by atoms with Crippen LogP contribution in [0.5, 0.6) is 0 Å². The van der Waals surface area contributed by atoms with E-state index in [-0.39, 0.29) is 10.5 Å². The van der Waals surface area contributed by atoms with Crippen LogP contribution < -0.4 is 4.72 Å². The lowest BCUT2D eigenvalue weighted by molar-refractivity contribution is 0.0696. The van der Waals surface area contributed by atoms with E-state index in [1.54, 1.807) is 32.0 Å². The van der Waals surface area contributed by atoms with Crippen molar-refractivity contribution >= 4 is 21.7 Å². The maximum atomic E-state index is 13.0. The molecule has 2 aromatic carbocycles. The summed E-state index contributed by atoms with van der Waals surface area (Å²) in [6, 6.07) is 9.59. The number of hydrogen-bond acceptors (Lipinski definition) is 5. The average molecular weight is 412 g/mol. The van der Waals surface area contributed by atoms with Crippen molar-refractivity contribution in [3.05, 3.63) is 58.9 Å². The molecule has 29 heavy (non-hydrogen) atoms. The smallest absolute Gasteiger partial charge is 0.335 e. The Bertz CT molecular complexity index is 1230. The van der Waals surface area contributed by atoms with Crippen molar-refractivity contribution in [1.29, 1.82) is 0 Å². The first kappa shape index (κ1) is 19.1. The van der Waals surface area contributed by atoms with Gasteiger partial charge in [-0.2, -0.15) is 0 Å². The highest BCUT2D eigenvalue weighted by Crippen LogP contribution is 2.28. The molecule has 2 N–H and O–H groups in total. The third kappa shape index (κ3) is 3.49. The summed E-state index contributed by atoms with van der Waals surface area (Å²) in [4.78, 5) is 11.3. The highest BCUT2D eigenvalue weighted by Gasteiger charge is 2.22. The van der Waals surface area contributed by atoms with E-state index in [0.29, 0.717) is 22.6 Å². The van der Waals surface area contributed by atoms with E-state index >= 15 is 0 Å². The van der Waals surface area contributed by atoms with Crippen LogP contribution in [0.15, 0.2) is 41.3 Å². The summed E-state index contributed by atoms with van der Waals surface area (Å²) in [5, 5.41) is 17.7. The molecule has 8 nitrogen and oxygen atoms in total. The molecule has 2 heterocycles. The van der Waals surface area contributed by atoms with E-state index in [9.17, 15) is 18.3 Å². The van der Waals surface area contributed by atoms with Crippen molar-refractivity contribution in [2.45, 2.75) is 38.1 Å². The summed E-state index contributed by atoms with van der Waals surface area (Å²) in [6.07, 6.45) is 1.90. The van der Waals surface area contributed by atoms with Gasteiger partial charge in [-0.3, -0.25) is 4.72 Å². The fraction of sp³-hybridized carbons (Fsp3) is 0.250. The second-order valence-corrected chi connectivity index (χ2v) is 8.75. The van der Waals surface area contributed by atoms with Gasteiger partial charge in [0.1, 0.15) is 5.82 Å². The van der Waals surface area contributed by atoms with Gasteiger partial charge in [-0.1, -0.05) is 12.1 Å². The fourth-order valence-corrected chi connectivity index (χ4v) is 4.92. The van der Waals surface area contributed by atoms with Crippen LogP contribution in [0.3, 0.4) is 0 Å². The monoisotopic (exact) mass is 412 g/mol. The zero-order valence-electron chi connectivity index (χ0n) is 16.0. The van der Waals surface area contributed by atoms with E-state index in [4.69, 9.17) is 0 Å². The number of sulfonamides is 1. The number of carbonyl (C=O) groups is 1. The number of anilines is 1. The van der Waals surface area contributed by atoms with Gasteiger partial charge in [-0.05, 0) is 55.7 Å². The highest BCUT2D eigenvalue weighted by molar-refractivity contribution is 7.92. The Balaban J connectivity index is 1.70. The van der Waals surface area contributed by atoms with Crippen LogP contribution in [-0.4, -0.2) is 34.3 Å². The molecule has 0 amide bonds. The van der Waals surface area contributed by atoms with Gasteiger partial charge in [0.25, 0.3) is 10.0 Å². The van der Waals surface area contributed by atoms with Crippen molar-refractivity contribution in [1.82, 2.24) is 14.8 Å². The highest BCUT2D eigenvalue weighted by atomic mass is 32.2. The topological polar surface area (TPSA) is 114 Å². The lowest BCUT2D eigenvalue weighted by Gasteiger charge is -2.14. The fourth-order valence-electron chi connectivity index (χ4n) is 3.53. The Morgan fingerprint density at radius 3 is 2.72 bits per heavy atom. The van der Waals surface area contributed by atoms with Gasteiger partial charge in [0.05, 0.1) is 10.5 Å². The van der Waals surface area contributed by atoms with Crippen LogP contribution in [0, 0.1) is 13.8 Å². The van der Waals surface area contributed by atoms with Crippen LogP contribution in [0.2, 0.25) is 0 Å². The Morgan fingerprint density at radius 2 is 1.97 bits per heavy atom. The Morgan fingerprint density at radius 1 is 1.17 bits per heavy atom. The Kier molecular flexibility index (Phi) is 4.62. The van der Waals surface area contributed by atoms with Crippen molar-refractivity contribution < 1.29 is 18.3 Å². The van der Waals surface area contributed by atoms with Crippen molar-refractivity contribution in [3.63, 3.8) is 0 Å². The Hall–Kier alpha value is -3.20. The number of carboxylic acids is 1. The predicted molar refractivity (Wildman–Crippen MR) is 107 cm³/mol. The first-order chi connectivity index (χ1) is 13.8. The number of nitrogens with one attached hydrogen (secondary N) is 1. The molecule has 1 aliphatic heterocycles. The number of benzene rings is 2. The molecule has 0 saturated heterocycles. The molecule has 0 atom stereocenters. The summed E-state index contributed by atoms with van der Waals surface area (Å²) in [5.41, 5.74) is 2.17. The van der Waals surface area contributed by atoms with Crippen molar-refractivity contribution in [2.24, 2.45) is 0 Å². The molecule has 0 fully saturated rings. The van der Waals surface area contributed by atoms with Crippen molar-refractivity contribution in [3.8, 4) is 11.4 Å². The van der Waals surface area contributed by atoms with E-state index < -0.39 is 16.0 Å². The van der Waals surface area contributed by atoms with Crippen LogP contribution in [-0.2, 0) is 23.0 Å². The van der Waals surface area contributed by atoms with E-state index in [2.05, 4.69) is 14.9 Å². The third-order valence-electron chi connectivity index (χ3n) is 5.14. The van der Waals surface area contributed by atoms with E-state index in [1.807, 2.05) is 10.6 Å². The predicted octanol–water partition coefficient (Wildman–Crippen LogP) is 3.01. The lowest BCUT2D eigenvalue weighted by atomic mass is 10.1. The first-order valence-corrected chi connectivity index (χ1v) is 10.6. The van der Waals surface area contributed by atoms with Gasteiger partial charge in [-0.15, -0.1) is 10.2 Å². The number of aromatic carboxylic acids is 1. The molecule has 150 valence electrons. The standard InChI is InChI=1S/C20H20N4O4S/c1-12-9-15(20(25)26)11-17(13(12)2)29(27,28)23-16-6-3-5-14(10-16)19-22-21-18-7-4-8-24(18)19/h3,5-6,9-11,23H,4,7-8H2,1-2H3,(H,25,26). The van der Waals surface area contributed by atoms with Gasteiger partial charge in [-0.25, -0.2) is 13.2 Å². The minimum absolute atomic E-state index is 0.0522. The largest absolute Gasteiger partial charge is 0.478 e. The summed E-state index contributed by atoms with van der Waals surface area (Å²) in [6.45, 7) is 4.19. The molecule has 0 bridgehead atoms. The van der Waals surface area contributed by atoms with Gasteiger partial charge in [0.15, 0.2) is 5.82 Å². The second-order valence-electron chi connectivity index (χ2n) is 7.10. The van der Waals surface area contributed by atoms with E-state index in [1.165, 1.54) is 12.1 Å². The maximum Gasteiger partial charge on any atom is 0.335 e. The molecule has 0 spiro atoms. The SMILES string of the molecule is Cc1cc(C(=O)O)cc(S(=O)(=O)Nc2cccc(-c3nnc4n3CCC4)c2)c1C. The molecule has 0 unspecified atom stereocenters. The number of fused-ring (bicyclic) bond motifs is 1.